The van der Waals surface area contributed by atoms with E-state index in [9.17, 15) is 4.79 Å². The molecule has 3 aromatic rings. The fourth-order valence-electron chi connectivity index (χ4n) is 2.69. The van der Waals surface area contributed by atoms with Crippen molar-refractivity contribution < 1.29 is 9.53 Å². The Balaban J connectivity index is 1.58. The van der Waals surface area contributed by atoms with Gasteiger partial charge < -0.3 is 9.30 Å². The summed E-state index contributed by atoms with van der Waals surface area (Å²) in [6, 6.07) is 17.4. The van der Waals surface area contributed by atoms with Crippen LogP contribution in [0.4, 0.5) is 0 Å². The number of carbonyl (C=O) groups is 1. The molecule has 3 rings (SSSR count). The molecule has 0 saturated heterocycles. The third kappa shape index (κ3) is 5.45. The first-order chi connectivity index (χ1) is 14.2. The SMILES string of the molecule is CCOc1ccccc1/C=N/NC(=O)CSc1nnc(-c2ccccc2)n1CC. The molecular weight excluding hydrogens is 386 g/mol. The van der Waals surface area contributed by atoms with Crippen LogP contribution in [0.25, 0.3) is 11.4 Å². The minimum absolute atomic E-state index is 0.192. The number of aromatic nitrogens is 3. The topological polar surface area (TPSA) is 81.4 Å². The summed E-state index contributed by atoms with van der Waals surface area (Å²) in [6.45, 7) is 5.23. The normalized spacial score (nSPS) is 11.0. The van der Waals surface area contributed by atoms with Crippen molar-refractivity contribution in [2.45, 2.75) is 25.5 Å². The summed E-state index contributed by atoms with van der Waals surface area (Å²) < 4.78 is 7.53. The molecule has 1 N–H and O–H groups in total. The van der Waals surface area contributed by atoms with Gasteiger partial charge in [-0.3, -0.25) is 4.79 Å². The highest BCUT2D eigenvalue weighted by Gasteiger charge is 2.14. The van der Waals surface area contributed by atoms with Crippen LogP contribution in [0.3, 0.4) is 0 Å². The van der Waals surface area contributed by atoms with E-state index >= 15 is 0 Å². The first-order valence-corrected chi connectivity index (χ1v) is 10.4. The number of rotatable bonds is 9. The molecule has 0 atom stereocenters. The number of amides is 1. The van der Waals surface area contributed by atoms with Crippen molar-refractivity contribution in [2.75, 3.05) is 12.4 Å². The van der Waals surface area contributed by atoms with E-state index in [0.717, 1.165) is 22.7 Å². The molecule has 0 unspecified atom stereocenters. The maximum Gasteiger partial charge on any atom is 0.250 e. The van der Waals surface area contributed by atoms with Gasteiger partial charge in [0.2, 0.25) is 0 Å². The van der Waals surface area contributed by atoms with Crippen molar-refractivity contribution in [2.24, 2.45) is 5.10 Å². The van der Waals surface area contributed by atoms with Crippen LogP contribution in [0.15, 0.2) is 64.9 Å². The second-order valence-corrected chi connectivity index (χ2v) is 6.91. The van der Waals surface area contributed by atoms with Gasteiger partial charge in [0.1, 0.15) is 5.75 Å². The molecule has 150 valence electrons. The standard InChI is InChI=1S/C21H23N5O2S/c1-3-26-20(16-10-6-5-7-11-16)24-25-21(26)29-15-19(27)23-22-14-17-12-8-9-13-18(17)28-4-2/h5-14H,3-4,15H2,1-2H3,(H,23,27)/b22-14+. The highest BCUT2D eigenvalue weighted by atomic mass is 32.2. The Hall–Kier alpha value is -3.13. The van der Waals surface area contributed by atoms with Gasteiger partial charge in [-0.05, 0) is 26.0 Å². The van der Waals surface area contributed by atoms with Gasteiger partial charge >= 0.3 is 0 Å². The summed E-state index contributed by atoms with van der Waals surface area (Å²) in [7, 11) is 0. The van der Waals surface area contributed by atoms with Crippen LogP contribution in [-0.2, 0) is 11.3 Å². The zero-order valence-corrected chi connectivity index (χ0v) is 17.2. The van der Waals surface area contributed by atoms with E-state index in [1.165, 1.54) is 11.8 Å². The van der Waals surface area contributed by atoms with Crippen molar-refractivity contribution >= 4 is 23.9 Å². The molecule has 0 saturated carbocycles. The van der Waals surface area contributed by atoms with Gasteiger partial charge in [-0.15, -0.1) is 10.2 Å². The molecule has 8 heteroatoms. The number of hydrazone groups is 1. The lowest BCUT2D eigenvalue weighted by atomic mass is 10.2. The largest absolute Gasteiger partial charge is 0.493 e. The van der Waals surface area contributed by atoms with Crippen molar-refractivity contribution in [3.8, 4) is 17.1 Å². The molecule has 1 aromatic heterocycles. The maximum atomic E-state index is 12.2. The van der Waals surface area contributed by atoms with Crippen molar-refractivity contribution in [3.63, 3.8) is 0 Å². The van der Waals surface area contributed by atoms with Gasteiger partial charge in [0.25, 0.3) is 5.91 Å². The fraction of sp³-hybridized carbons (Fsp3) is 0.238. The Kier molecular flexibility index (Phi) is 7.40. The molecule has 0 fully saturated rings. The van der Waals surface area contributed by atoms with E-state index in [0.29, 0.717) is 18.3 Å². The molecule has 1 heterocycles. The van der Waals surface area contributed by atoms with Crippen LogP contribution in [0.1, 0.15) is 19.4 Å². The van der Waals surface area contributed by atoms with Crippen LogP contribution in [-0.4, -0.2) is 39.2 Å². The Labute approximate surface area is 174 Å². The summed E-state index contributed by atoms with van der Waals surface area (Å²) in [5.74, 6) is 1.50. The van der Waals surface area contributed by atoms with Gasteiger partial charge in [0.15, 0.2) is 11.0 Å². The Morgan fingerprint density at radius 2 is 1.90 bits per heavy atom. The highest BCUT2D eigenvalue weighted by molar-refractivity contribution is 7.99. The summed E-state index contributed by atoms with van der Waals surface area (Å²) in [5.41, 5.74) is 4.35. The van der Waals surface area contributed by atoms with Crippen molar-refractivity contribution in [3.05, 3.63) is 60.2 Å². The number of hydrogen-bond donors (Lipinski definition) is 1. The summed E-state index contributed by atoms with van der Waals surface area (Å²) in [6.07, 6.45) is 1.58. The Morgan fingerprint density at radius 3 is 2.66 bits per heavy atom. The van der Waals surface area contributed by atoms with Crippen molar-refractivity contribution in [1.82, 2.24) is 20.2 Å². The molecule has 2 aromatic carbocycles. The predicted octanol–water partition coefficient (Wildman–Crippen LogP) is 3.61. The van der Waals surface area contributed by atoms with E-state index in [4.69, 9.17) is 4.74 Å². The smallest absolute Gasteiger partial charge is 0.250 e. The molecule has 0 aliphatic rings. The van der Waals surface area contributed by atoms with Gasteiger partial charge in [0.05, 0.1) is 18.6 Å². The maximum absolute atomic E-state index is 12.2. The lowest BCUT2D eigenvalue weighted by Crippen LogP contribution is -2.20. The number of hydrogen-bond acceptors (Lipinski definition) is 6. The summed E-state index contributed by atoms with van der Waals surface area (Å²) >= 11 is 1.33. The van der Waals surface area contributed by atoms with Crippen LogP contribution >= 0.6 is 11.8 Å². The first-order valence-electron chi connectivity index (χ1n) is 9.38. The number of thioether (sulfide) groups is 1. The lowest BCUT2D eigenvalue weighted by Gasteiger charge is -2.07. The second kappa shape index (κ2) is 10.4. The molecule has 0 aliphatic carbocycles. The minimum atomic E-state index is -0.216. The number of para-hydroxylation sites is 1. The fourth-order valence-corrected chi connectivity index (χ4v) is 3.49. The summed E-state index contributed by atoms with van der Waals surface area (Å²) in [4.78, 5) is 12.2. The van der Waals surface area contributed by atoms with E-state index in [1.54, 1.807) is 6.21 Å². The number of carbonyl (C=O) groups excluding carboxylic acids is 1. The summed E-state index contributed by atoms with van der Waals surface area (Å²) in [5, 5.41) is 13.2. The number of benzene rings is 2. The molecule has 0 spiro atoms. The number of nitrogens with zero attached hydrogens (tertiary/aromatic N) is 4. The quantitative estimate of drug-likeness (QED) is 0.332. The third-order valence-corrected chi connectivity index (χ3v) is 4.98. The average Bonchev–Trinajstić information content (AvgIpc) is 3.17. The van der Waals surface area contributed by atoms with Crippen LogP contribution in [0.2, 0.25) is 0 Å². The third-order valence-electron chi connectivity index (χ3n) is 4.01. The zero-order chi connectivity index (χ0) is 20.5. The van der Waals surface area contributed by atoms with Crippen molar-refractivity contribution in [1.29, 1.82) is 0 Å². The van der Waals surface area contributed by atoms with E-state index in [2.05, 4.69) is 20.7 Å². The van der Waals surface area contributed by atoms with E-state index in [-0.39, 0.29) is 11.7 Å². The van der Waals surface area contributed by atoms with Crippen LogP contribution < -0.4 is 10.2 Å². The van der Waals surface area contributed by atoms with Crippen LogP contribution in [0.5, 0.6) is 5.75 Å². The molecule has 0 aliphatic heterocycles. The predicted molar refractivity (Wildman–Crippen MR) is 115 cm³/mol. The van der Waals surface area contributed by atoms with Gasteiger partial charge in [-0.1, -0.05) is 54.2 Å². The highest BCUT2D eigenvalue weighted by Crippen LogP contribution is 2.23. The van der Waals surface area contributed by atoms with E-state index < -0.39 is 0 Å². The molecule has 29 heavy (non-hydrogen) atoms. The molecular formula is C21H23N5O2S. The number of ether oxygens (including phenoxy) is 1. The lowest BCUT2D eigenvalue weighted by molar-refractivity contribution is -0.118. The van der Waals surface area contributed by atoms with Crippen LogP contribution in [0, 0.1) is 0 Å². The van der Waals surface area contributed by atoms with Gasteiger partial charge in [-0.25, -0.2) is 5.43 Å². The second-order valence-electron chi connectivity index (χ2n) is 5.97. The molecule has 7 nitrogen and oxygen atoms in total. The van der Waals surface area contributed by atoms with Gasteiger partial charge in [-0.2, -0.15) is 5.10 Å². The monoisotopic (exact) mass is 409 g/mol. The first kappa shape index (κ1) is 20.6. The Morgan fingerprint density at radius 1 is 1.14 bits per heavy atom. The number of nitrogens with one attached hydrogen (secondary N) is 1. The Bertz CT molecular complexity index is 972. The minimum Gasteiger partial charge on any atom is -0.493 e. The zero-order valence-electron chi connectivity index (χ0n) is 16.4. The van der Waals surface area contributed by atoms with Gasteiger partial charge in [0, 0.05) is 17.7 Å². The molecule has 1 amide bonds. The van der Waals surface area contributed by atoms with E-state index in [1.807, 2.05) is 73.0 Å². The molecule has 0 radical (unpaired) electrons. The molecule has 0 bridgehead atoms. The average molecular weight is 410 g/mol.